The first-order chi connectivity index (χ1) is 15.5. The fourth-order valence-electron chi connectivity index (χ4n) is 3.63. The molecule has 0 atom stereocenters. The smallest absolute Gasteiger partial charge is 0.260 e. The summed E-state index contributed by atoms with van der Waals surface area (Å²) in [5.74, 6) is -0.133. The molecule has 5 N–H and O–H groups in total. The molecule has 5 rings (SSSR count). The Balaban J connectivity index is 1.43. The lowest BCUT2D eigenvalue weighted by Crippen LogP contribution is -2.28. The lowest BCUT2D eigenvalue weighted by atomic mass is 10.1. The van der Waals surface area contributed by atoms with Crippen molar-refractivity contribution in [1.82, 2.24) is 34.8 Å². The van der Waals surface area contributed by atoms with E-state index in [1.165, 1.54) is 18.6 Å². The largest absolute Gasteiger partial charge is 0.382 e. The predicted octanol–water partition coefficient (Wildman–Crippen LogP) is 2.21. The molecule has 0 bridgehead atoms. The average molecular weight is 449 g/mol. The monoisotopic (exact) mass is 448 g/mol. The number of hydrogen-bond acceptors (Lipinski definition) is 6. The summed E-state index contributed by atoms with van der Waals surface area (Å²) < 4.78 is 1.86. The molecule has 0 saturated carbocycles. The number of nitrogens with two attached hydrogens (primary N) is 1. The highest BCUT2D eigenvalue weighted by Crippen LogP contribution is 2.26. The van der Waals surface area contributed by atoms with Crippen LogP contribution in [0.4, 0.5) is 5.82 Å². The maximum atomic E-state index is 12.3. The van der Waals surface area contributed by atoms with Crippen molar-refractivity contribution in [3.8, 4) is 0 Å². The van der Waals surface area contributed by atoms with Gasteiger partial charge in [0, 0.05) is 22.3 Å². The fourth-order valence-corrected chi connectivity index (χ4v) is 3.88. The van der Waals surface area contributed by atoms with Crippen LogP contribution in [-0.2, 0) is 13.1 Å². The van der Waals surface area contributed by atoms with Crippen LogP contribution in [0.3, 0.4) is 0 Å². The highest BCUT2D eigenvalue weighted by atomic mass is 35.5. The number of nitrogens with one attached hydrogen (secondary N) is 3. The van der Waals surface area contributed by atoms with Gasteiger partial charge in [0.25, 0.3) is 11.5 Å². The molecule has 1 aromatic carbocycles. The van der Waals surface area contributed by atoms with Gasteiger partial charge in [-0.2, -0.15) is 0 Å². The van der Waals surface area contributed by atoms with Gasteiger partial charge in [-0.05, 0) is 35.9 Å². The van der Waals surface area contributed by atoms with Gasteiger partial charge in [-0.15, -0.1) is 0 Å². The Hall–Kier alpha value is -4.18. The molecule has 0 unspecified atom stereocenters. The van der Waals surface area contributed by atoms with Crippen LogP contribution in [0.5, 0.6) is 0 Å². The van der Waals surface area contributed by atoms with Crippen LogP contribution in [0, 0.1) is 0 Å². The summed E-state index contributed by atoms with van der Waals surface area (Å²) in [4.78, 5) is 42.5. The zero-order valence-corrected chi connectivity index (χ0v) is 17.3. The SMILES string of the molecule is Nc1ncnc2c1ncn2Cc1cc(Cl)cc2cc(CNC(=O)c3ccc[nH]c3=O)[nH]c12. The summed E-state index contributed by atoms with van der Waals surface area (Å²) in [6, 6.07) is 8.69. The van der Waals surface area contributed by atoms with E-state index in [2.05, 4.69) is 30.2 Å². The molecule has 4 aromatic heterocycles. The minimum atomic E-state index is -0.453. The molecule has 1 amide bonds. The minimum Gasteiger partial charge on any atom is -0.382 e. The number of aromatic amines is 2. The van der Waals surface area contributed by atoms with Crippen LogP contribution in [0.25, 0.3) is 22.1 Å². The lowest BCUT2D eigenvalue weighted by molar-refractivity contribution is 0.0949. The molecule has 5 aromatic rings. The molecule has 11 heteroatoms. The standard InChI is InChI=1S/C21H17ClN8O2/c22-13-4-11-6-14(7-25-21(32)15-2-1-3-24-20(15)31)29-16(11)12(5-13)8-30-10-28-17-18(23)26-9-27-19(17)30/h1-6,9-10,29H,7-8H2,(H,24,31)(H,25,32)(H2,23,26,27). The number of halogens is 1. The fraction of sp³-hybridized carbons (Fsp3) is 0.0952. The zero-order chi connectivity index (χ0) is 22.2. The Morgan fingerprint density at radius 3 is 2.94 bits per heavy atom. The molecule has 10 nitrogen and oxygen atoms in total. The molecule has 4 heterocycles. The van der Waals surface area contributed by atoms with Crippen molar-refractivity contribution >= 4 is 45.4 Å². The Kier molecular flexibility index (Phi) is 4.83. The molecular formula is C21H17ClN8O2. The summed E-state index contributed by atoms with van der Waals surface area (Å²) in [7, 11) is 0. The van der Waals surface area contributed by atoms with Crippen molar-refractivity contribution < 1.29 is 4.79 Å². The molecule has 0 radical (unpaired) electrons. The first-order valence-electron chi connectivity index (χ1n) is 9.67. The number of benzene rings is 1. The van der Waals surface area contributed by atoms with Crippen LogP contribution in [-0.4, -0.2) is 35.4 Å². The second kappa shape index (κ2) is 7.82. The number of rotatable bonds is 5. The van der Waals surface area contributed by atoms with E-state index in [1.54, 1.807) is 12.4 Å². The molecule has 160 valence electrons. The molecule has 0 aliphatic carbocycles. The van der Waals surface area contributed by atoms with Crippen molar-refractivity contribution in [3.63, 3.8) is 0 Å². The summed E-state index contributed by atoms with van der Waals surface area (Å²) >= 11 is 6.35. The van der Waals surface area contributed by atoms with Gasteiger partial charge in [0.1, 0.15) is 17.4 Å². The summed E-state index contributed by atoms with van der Waals surface area (Å²) in [6.07, 6.45) is 4.53. The Bertz CT molecular complexity index is 1530. The van der Waals surface area contributed by atoms with Gasteiger partial charge in [0.2, 0.25) is 0 Å². The van der Waals surface area contributed by atoms with Gasteiger partial charge < -0.3 is 25.6 Å². The van der Waals surface area contributed by atoms with Crippen molar-refractivity contribution in [1.29, 1.82) is 0 Å². The van der Waals surface area contributed by atoms with Gasteiger partial charge in [-0.3, -0.25) is 9.59 Å². The first-order valence-corrected chi connectivity index (χ1v) is 10.0. The molecule has 0 spiro atoms. The number of amides is 1. The zero-order valence-electron chi connectivity index (χ0n) is 16.6. The van der Waals surface area contributed by atoms with Gasteiger partial charge in [-0.1, -0.05) is 11.6 Å². The number of anilines is 1. The molecule has 0 saturated heterocycles. The second-order valence-electron chi connectivity index (χ2n) is 7.22. The van der Waals surface area contributed by atoms with Crippen molar-refractivity contribution in [2.24, 2.45) is 0 Å². The summed E-state index contributed by atoms with van der Waals surface area (Å²) in [5.41, 5.74) is 9.22. The average Bonchev–Trinajstić information content (AvgIpc) is 3.37. The molecule has 0 aliphatic heterocycles. The number of hydrogen-bond donors (Lipinski definition) is 4. The van der Waals surface area contributed by atoms with E-state index in [0.29, 0.717) is 28.5 Å². The van der Waals surface area contributed by atoms with E-state index in [1.807, 2.05) is 22.8 Å². The van der Waals surface area contributed by atoms with E-state index in [9.17, 15) is 9.59 Å². The quantitative estimate of drug-likeness (QED) is 0.324. The number of aromatic nitrogens is 6. The number of fused-ring (bicyclic) bond motifs is 2. The van der Waals surface area contributed by atoms with E-state index >= 15 is 0 Å². The number of nitrogens with zero attached hydrogens (tertiary/aromatic N) is 4. The number of carbonyl (C=O) groups is 1. The maximum absolute atomic E-state index is 12.3. The summed E-state index contributed by atoms with van der Waals surface area (Å²) in [5, 5.41) is 4.23. The molecule has 0 aliphatic rings. The van der Waals surface area contributed by atoms with Crippen molar-refractivity contribution in [2.45, 2.75) is 13.1 Å². The van der Waals surface area contributed by atoms with E-state index in [4.69, 9.17) is 17.3 Å². The molecule has 0 fully saturated rings. The number of nitrogen functional groups attached to an aromatic ring is 1. The Morgan fingerprint density at radius 2 is 2.09 bits per heavy atom. The van der Waals surface area contributed by atoms with Crippen LogP contribution in [0.2, 0.25) is 5.02 Å². The number of pyridine rings is 1. The van der Waals surface area contributed by atoms with Crippen molar-refractivity contribution in [2.75, 3.05) is 5.73 Å². The number of H-pyrrole nitrogens is 2. The van der Waals surface area contributed by atoms with Crippen LogP contribution < -0.4 is 16.6 Å². The highest BCUT2D eigenvalue weighted by Gasteiger charge is 2.14. The van der Waals surface area contributed by atoms with Crippen LogP contribution in [0.15, 0.2) is 54.0 Å². The Labute approximate surface area is 185 Å². The van der Waals surface area contributed by atoms with E-state index in [0.717, 1.165) is 22.2 Å². The number of imidazole rings is 1. The topological polar surface area (TPSA) is 147 Å². The van der Waals surface area contributed by atoms with Crippen LogP contribution in [0.1, 0.15) is 21.6 Å². The van der Waals surface area contributed by atoms with Gasteiger partial charge in [-0.25, -0.2) is 15.0 Å². The lowest BCUT2D eigenvalue weighted by Gasteiger charge is -2.07. The number of carbonyl (C=O) groups excluding carboxylic acids is 1. The summed E-state index contributed by atoms with van der Waals surface area (Å²) in [6.45, 7) is 0.673. The van der Waals surface area contributed by atoms with Crippen LogP contribution >= 0.6 is 11.6 Å². The van der Waals surface area contributed by atoms with Crippen molar-refractivity contribution in [3.05, 3.63) is 81.4 Å². The Morgan fingerprint density at radius 1 is 1.22 bits per heavy atom. The minimum absolute atomic E-state index is 0.0561. The molecular weight excluding hydrogens is 432 g/mol. The predicted molar refractivity (Wildman–Crippen MR) is 120 cm³/mol. The maximum Gasteiger partial charge on any atom is 0.260 e. The van der Waals surface area contributed by atoms with E-state index in [-0.39, 0.29) is 12.1 Å². The first kappa shape index (κ1) is 19.8. The second-order valence-corrected chi connectivity index (χ2v) is 7.66. The third kappa shape index (κ3) is 3.56. The molecule has 32 heavy (non-hydrogen) atoms. The van der Waals surface area contributed by atoms with E-state index < -0.39 is 11.5 Å². The van der Waals surface area contributed by atoms with Gasteiger partial charge in [0.15, 0.2) is 11.5 Å². The van der Waals surface area contributed by atoms with Gasteiger partial charge in [0.05, 0.1) is 24.9 Å². The normalized spacial score (nSPS) is 11.3. The van der Waals surface area contributed by atoms with Gasteiger partial charge >= 0.3 is 0 Å². The highest BCUT2D eigenvalue weighted by molar-refractivity contribution is 6.31. The third-order valence-corrected chi connectivity index (χ3v) is 5.32. The third-order valence-electron chi connectivity index (χ3n) is 5.10.